The van der Waals surface area contributed by atoms with Crippen molar-refractivity contribution in [1.82, 2.24) is 20.5 Å². The van der Waals surface area contributed by atoms with Gasteiger partial charge >= 0.3 is 6.03 Å². The molecule has 4 amide bonds. The van der Waals surface area contributed by atoms with Crippen LogP contribution in [0.2, 0.25) is 0 Å². The molecule has 3 N–H and O–H groups in total. The van der Waals surface area contributed by atoms with Gasteiger partial charge in [-0.1, -0.05) is 25.3 Å². The standard InChI is InChI=1S/C21H28N4O5S/c26-18(24-25-19(27)21(23-20(25)28)11-4-1-5-12-21)10-13-22-31(29,30)17-9-8-15-6-2-3-7-16(15)14-17/h8-9,14,22H,1-7,10-13H2,(H,23,28)(H,24,26). The van der Waals surface area contributed by atoms with Crippen molar-refractivity contribution in [2.75, 3.05) is 6.54 Å². The fourth-order valence-electron chi connectivity index (χ4n) is 4.66. The molecule has 31 heavy (non-hydrogen) atoms. The minimum atomic E-state index is -3.75. The molecule has 1 saturated heterocycles. The van der Waals surface area contributed by atoms with Gasteiger partial charge in [-0.05, 0) is 61.8 Å². The summed E-state index contributed by atoms with van der Waals surface area (Å²) in [5.41, 5.74) is 3.64. The zero-order valence-corrected chi connectivity index (χ0v) is 18.2. The lowest BCUT2D eigenvalue weighted by Crippen LogP contribution is -2.51. The Morgan fingerprint density at radius 2 is 1.74 bits per heavy atom. The first-order chi connectivity index (χ1) is 14.8. The van der Waals surface area contributed by atoms with Gasteiger partial charge in [-0.3, -0.25) is 15.0 Å². The number of fused-ring (bicyclic) bond motifs is 1. The normalized spacial score (nSPS) is 20.5. The monoisotopic (exact) mass is 448 g/mol. The van der Waals surface area contributed by atoms with Crippen molar-refractivity contribution in [2.24, 2.45) is 0 Å². The lowest BCUT2D eigenvalue weighted by molar-refractivity contribution is -0.139. The van der Waals surface area contributed by atoms with Crippen LogP contribution < -0.4 is 15.5 Å². The first kappa shape index (κ1) is 21.8. The van der Waals surface area contributed by atoms with Crippen molar-refractivity contribution in [3.05, 3.63) is 29.3 Å². The van der Waals surface area contributed by atoms with E-state index in [4.69, 9.17) is 0 Å². The second-order valence-corrected chi connectivity index (χ2v) is 10.3. The summed E-state index contributed by atoms with van der Waals surface area (Å²) >= 11 is 0. The van der Waals surface area contributed by atoms with Gasteiger partial charge in [-0.15, -0.1) is 0 Å². The van der Waals surface area contributed by atoms with E-state index in [2.05, 4.69) is 15.5 Å². The minimum absolute atomic E-state index is 0.139. The van der Waals surface area contributed by atoms with E-state index in [1.807, 2.05) is 6.07 Å². The van der Waals surface area contributed by atoms with Crippen LogP contribution in [0.15, 0.2) is 23.1 Å². The van der Waals surface area contributed by atoms with Crippen LogP contribution in [-0.4, -0.2) is 43.4 Å². The SMILES string of the molecule is O=C(CCNS(=O)(=O)c1ccc2c(c1)CCCC2)NN1C(=O)NC2(CCCCC2)C1=O. The fraction of sp³-hybridized carbons (Fsp3) is 0.571. The number of urea groups is 1. The maximum atomic E-state index is 12.7. The number of nitrogens with zero attached hydrogens (tertiary/aromatic N) is 1. The Morgan fingerprint density at radius 1 is 1.03 bits per heavy atom. The number of benzene rings is 1. The molecule has 1 aromatic rings. The van der Waals surface area contributed by atoms with Gasteiger partial charge in [-0.2, -0.15) is 5.01 Å². The molecule has 1 heterocycles. The predicted molar refractivity (Wildman–Crippen MR) is 112 cm³/mol. The summed E-state index contributed by atoms with van der Waals surface area (Å²) < 4.78 is 27.6. The second-order valence-electron chi connectivity index (χ2n) is 8.53. The number of nitrogens with one attached hydrogen (secondary N) is 3. The largest absolute Gasteiger partial charge is 0.344 e. The van der Waals surface area contributed by atoms with Gasteiger partial charge in [-0.25, -0.2) is 17.9 Å². The van der Waals surface area contributed by atoms with E-state index in [0.717, 1.165) is 55.5 Å². The Hall–Kier alpha value is -2.46. The molecule has 2 fully saturated rings. The number of amides is 4. The van der Waals surface area contributed by atoms with Crippen LogP contribution in [-0.2, 0) is 32.5 Å². The first-order valence-corrected chi connectivity index (χ1v) is 12.4. The number of rotatable bonds is 6. The number of imide groups is 1. The summed E-state index contributed by atoms with van der Waals surface area (Å²) in [6, 6.07) is 4.50. The van der Waals surface area contributed by atoms with E-state index in [0.29, 0.717) is 12.8 Å². The molecule has 1 saturated carbocycles. The van der Waals surface area contributed by atoms with Crippen LogP contribution in [0.3, 0.4) is 0 Å². The average Bonchev–Trinajstić information content (AvgIpc) is 2.97. The predicted octanol–water partition coefficient (Wildman–Crippen LogP) is 1.52. The Balaban J connectivity index is 1.31. The first-order valence-electron chi connectivity index (χ1n) is 10.9. The van der Waals surface area contributed by atoms with Gasteiger partial charge in [0.15, 0.2) is 0 Å². The molecule has 9 nitrogen and oxygen atoms in total. The maximum absolute atomic E-state index is 12.7. The smallest absolute Gasteiger partial charge is 0.322 e. The van der Waals surface area contributed by atoms with E-state index in [9.17, 15) is 22.8 Å². The lowest BCUT2D eigenvalue weighted by atomic mass is 9.82. The number of hydrogen-bond donors (Lipinski definition) is 3. The Labute approximate surface area is 182 Å². The molecular weight excluding hydrogens is 420 g/mol. The number of carbonyl (C=O) groups excluding carboxylic acids is 3. The third-order valence-corrected chi connectivity index (χ3v) is 7.84. The fourth-order valence-corrected chi connectivity index (χ4v) is 5.74. The van der Waals surface area contributed by atoms with E-state index < -0.39 is 33.4 Å². The average molecular weight is 449 g/mol. The van der Waals surface area contributed by atoms with Crippen LogP contribution in [0.1, 0.15) is 62.5 Å². The van der Waals surface area contributed by atoms with Gasteiger partial charge < -0.3 is 5.32 Å². The molecule has 1 aliphatic heterocycles. The molecule has 0 unspecified atom stereocenters. The van der Waals surface area contributed by atoms with Gasteiger partial charge in [0.05, 0.1) is 4.90 Å². The minimum Gasteiger partial charge on any atom is -0.322 e. The molecule has 4 rings (SSSR count). The summed E-state index contributed by atoms with van der Waals surface area (Å²) in [5.74, 6) is -1.05. The van der Waals surface area contributed by atoms with Crippen molar-refractivity contribution in [3.63, 3.8) is 0 Å². The topological polar surface area (TPSA) is 125 Å². The van der Waals surface area contributed by atoms with E-state index >= 15 is 0 Å². The summed E-state index contributed by atoms with van der Waals surface area (Å²) in [7, 11) is -3.75. The lowest BCUT2D eigenvalue weighted by Gasteiger charge is -2.30. The molecule has 1 spiro atoms. The Bertz CT molecular complexity index is 1000. The molecule has 0 aromatic heterocycles. The van der Waals surface area contributed by atoms with Crippen molar-refractivity contribution >= 4 is 27.9 Å². The highest BCUT2D eigenvalue weighted by molar-refractivity contribution is 7.89. The van der Waals surface area contributed by atoms with Gasteiger partial charge in [0.1, 0.15) is 5.54 Å². The molecule has 0 atom stereocenters. The molecular formula is C21H28N4O5S. The van der Waals surface area contributed by atoms with Crippen molar-refractivity contribution in [2.45, 2.75) is 74.6 Å². The Kier molecular flexibility index (Phi) is 6.02. The van der Waals surface area contributed by atoms with Crippen molar-refractivity contribution < 1.29 is 22.8 Å². The Morgan fingerprint density at radius 3 is 2.48 bits per heavy atom. The molecule has 2 aliphatic carbocycles. The van der Waals surface area contributed by atoms with Crippen molar-refractivity contribution in [3.8, 4) is 0 Å². The van der Waals surface area contributed by atoms with Crippen LogP contribution in [0, 0.1) is 0 Å². The molecule has 168 valence electrons. The zero-order valence-electron chi connectivity index (χ0n) is 17.4. The van der Waals surface area contributed by atoms with E-state index in [-0.39, 0.29) is 17.9 Å². The van der Waals surface area contributed by atoms with Crippen LogP contribution >= 0.6 is 0 Å². The second kappa shape index (κ2) is 8.58. The van der Waals surface area contributed by atoms with Gasteiger partial charge in [0.2, 0.25) is 15.9 Å². The molecule has 10 heteroatoms. The molecule has 0 bridgehead atoms. The van der Waals surface area contributed by atoms with Crippen LogP contribution in [0.4, 0.5) is 4.79 Å². The number of carbonyl (C=O) groups is 3. The van der Waals surface area contributed by atoms with Crippen molar-refractivity contribution in [1.29, 1.82) is 0 Å². The number of sulfonamides is 1. The maximum Gasteiger partial charge on any atom is 0.344 e. The number of aryl methyl sites for hydroxylation is 2. The number of hydrogen-bond acceptors (Lipinski definition) is 5. The molecule has 1 aromatic carbocycles. The molecule has 0 radical (unpaired) electrons. The van der Waals surface area contributed by atoms with Gasteiger partial charge in [0, 0.05) is 13.0 Å². The zero-order chi connectivity index (χ0) is 22.1. The van der Waals surface area contributed by atoms with Gasteiger partial charge in [0.25, 0.3) is 5.91 Å². The third kappa shape index (κ3) is 4.45. The van der Waals surface area contributed by atoms with E-state index in [1.54, 1.807) is 12.1 Å². The summed E-state index contributed by atoms with van der Waals surface area (Å²) in [4.78, 5) is 37.3. The van der Waals surface area contributed by atoms with Crippen LogP contribution in [0.25, 0.3) is 0 Å². The quantitative estimate of drug-likeness (QED) is 0.569. The summed E-state index contributed by atoms with van der Waals surface area (Å²) in [6.45, 7) is -0.139. The molecule has 3 aliphatic rings. The highest BCUT2D eigenvalue weighted by Crippen LogP contribution is 2.33. The summed E-state index contributed by atoms with van der Waals surface area (Å²) in [5, 5.41) is 3.44. The highest BCUT2D eigenvalue weighted by Gasteiger charge is 2.52. The highest BCUT2D eigenvalue weighted by atomic mass is 32.2. The number of hydrazine groups is 1. The summed E-state index contributed by atoms with van der Waals surface area (Å²) in [6.07, 6.45) is 7.63. The van der Waals surface area contributed by atoms with Crippen LogP contribution in [0.5, 0.6) is 0 Å². The van der Waals surface area contributed by atoms with E-state index in [1.165, 1.54) is 5.56 Å². The third-order valence-electron chi connectivity index (χ3n) is 6.38.